The van der Waals surface area contributed by atoms with E-state index in [0.717, 1.165) is 66.1 Å². The summed E-state index contributed by atoms with van der Waals surface area (Å²) in [5, 5.41) is 15.0. The van der Waals surface area contributed by atoms with Crippen molar-refractivity contribution in [1.82, 2.24) is 28.2 Å². The minimum absolute atomic E-state index is 0. The highest BCUT2D eigenvalue weighted by Crippen LogP contribution is 2.44. The zero-order chi connectivity index (χ0) is 79.2. The molecule has 1 aliphatic heterocycles. The minimum Gasteiger partial charge on any atom is -0.399 e. The van der Waals surface area contributed by atoms with Gasteiger partial charge in [0.2, 0.25) is 0 Å². The largest absolute Gasteiger partial charge is 0.494 e. The lowest BCUT2D eigenvalue weighted by atomic mass is 9.78. The number of benzene rings is 16. The lowest BCUT2D eigenvalue weighted by Crippen LogP contribution is -2.41. The van der Waals surface area contributed by atoms with Crippen molar-refractivity contribution in [3.05, 3.63) is 405 Å². The van der Waals surface area contributed by atoms with Crippen molar-refractivity contribution in [2.24, 2.45) is 0 Å². The average Bonchev–Trinajstić information content (AvgIpc) is 1.59. The van der Waals surface area contributed by atoms with Crippen molar-refractivity contribution < 1.29 is 9.31 Å². The van der Waals surface area contributed by atoms with Gasteiger partial charge in [-0.2, -0.15) is 0 Å². The first-order chi connectivity index (χ1) is 57.9. The zero-order valence-electron chi connectivity index (χ0n) is 65.6. The Labute approximate surface area is 714 Å². The summed E-state index contributed by atoms with van der Waals surface area (Å²) in [6, 6.07) is 135. The van der Waals surface area contributed by atoms with Crippen molar-refractivity contribution in [1.29, 1.82) is 0 Å². The summed E-state index contributed by atoms with van der Waals surface area (Å²) in [6.07, 6.45) is 7.74. The molecule has 1 saturated heterocycles. The molecule has 0 saturated carbocycles. The molecule has 0 atom stereocenters. The summed E-state index contributed by atoms with van der Waals surface area (Å²) in [6.45, 7) is 8.32. The van der Waals surface area contributed by atoms with Gasteiger partial charge < -0.3 is 27.6 Å². The molecule has 22 aromatic rings. The number of fused-ring (bicyclic) bond motifs is 14. The Balaban J connectivity index is 0.000000131. The van der Waals surface area contributed by atoms with Crippen LogP contribution in [0.3, 0.4) is 0 Å². The van der Waals surface area contributed by atoms with Gasteiger partial charge in [0, 0.05) is 112 Å². The van der Waals surface area contributed by atoms with E-state index < -0.39 is 0 Å². The number of rotatable bonds is 10. The molecule has 0 unspecified atom stereocenters. The fourth-order valence-electron chi connectivity index (χ4n) is 17.8. The lowest BCUT2D eigenvalue weighted by molar-refractivity contribution is 0.00578. The number of halogens is 1. The van der Waals surface area contributed by atoms with E-state index in [2.05, 4.69) is 443 Å². The Hall–Kier alpha value is -14.0. The summed E-state index contributed by atoms with van der Waals surface area (Å²) in [4.78, 5) is 9.35. The highest BCUT2D eigenvalue weighted by molar-refractivity contribution is 9.10. The Bertz CT molecular complexity index is 7190. The van der Waals surface area contributed by atoms with Crippen LogP contribution in [0.4, 0.5) is 0 Å². The van der Waals surface area contributed by atoms with E-state index >= 15 is 0 Å². The van der Waals surface area contributed by atoms with Crippen LogP contribution >= 0.6 is 15.9 Å². The van der Waals surface area contributed by atoms with Gasteiger partial charge in [0.25, 0.3) is 0 Å². The van der Waals surface area contributed by atoms with Crippen LogP contribution in [0.2, 0.25) is 0 Å². The highest BCUT2D eigenvalue weighted by Gasteiger charge is 2.51. The maximum absolute atomic E-state index is 6.14. The molecule has 10 heteroatoms. The lowest BCUT2D eigenvalue weighted by Gasteiger charge is -2.32. The molecule has 8 nitrogen and oxygen atoms in total. The maximum atomic E-state index is 6.14. The van der Waals surface area contributed by atoms with Crippen LogP contribution in [0.15, 0.2) is 405 Å². The Kier molecular flexibility index (Phi) is 20.7. The van der Waals surface area contributed by atoms with E-state index in [4.69, 9.17) is 14.3 Å². The monoisotopic (exact) mass is 1630 g/mol. The van der Waals surface area contributed by atoms with Gasteiger partial charge in [0.1, 0.15) is 0 Å². The summed E-state index contributed by atoms with van der Waals surface area (Å²) in [7, 11) is -0.313. The summed E-state index contributed by atoms with van der Waals surface area (Å²) in [5.41, 5.74) is 25.8. The third-order valence-corrected chi connectivity index (χ3v) is 24.5. The molecular weight excluding hydrogens is 1540 g/mol. The van der Waals surface area contributed by atoms with Crippen molar-refractivity contribution in [2.45, 2.75) is 61.2 Å². The average molecular weight is 1630 g/mol. The normalized spacial score (nSPS) is 12.9. The summed E-state index contributed by atoms with van der Waals surface area (Å²) < 4.78 is 22.8. The SMILES string of the molecule is Brc1cncc(-c2cc(-n3c4ccccc4c4ccccc43)cc(-n3c4ccccc4c4ccccc43)c2)c1.C.C.C.CC1(C)OB(c2ccc(-c3cccc4ccccc34)cc2)OC1(C)C.c1cc(-c2cncc(-c3cc(-n4c5ccccc5c5ccccc54)cc(-n4c5ccccc5c5ccccc54)c3)c2)cc(-c2cccc3ccccc23)c1. The number of aromatic nitrogens is 6. The second-order valence-electron chi connectivity index (χ2n) is 31.7. The van der Waals surface area contributed by atoms with Crippen LogP contribution in [-0.2, 0) is 9.31 Å². The van der Waals surface area contributed by atoms with Gasteiger partial charge >= 0.3 is 7.12 Å². The quantitative estimate of drug-likeness (QED) is 0.128. The van der Waals surface area contributed by atoms with Gasteiger partial charge in [-0.05, 0) is 213 Å². The highest BCUT2D eigenvalue weighted by atomic mass is 79.9. The molecular formula is C111H90BBrN6O2. The Morgan fingerprint density at radius 3 is 0.868 bits per heavy atom. The van der Waals surface area contributed by atoms with Crippen molar-refractivity contribution in [3.63, 3.8) is 0 Å². The van der Waals surface area contributed by atoms with E-state index in [-0.39, 0.29) is 40.6 Å². The number of nitrogens with zero attached hydrogens (tertiary/aromatic N) is 6. The molecule has 0 radical (unpaired) electrons. The molecule has 0 N–H and O–H groups in total. The minimum atomic E-state index is -0.314. The molecule has 1 aliphatic rings. The molecule has 1 fully saturated rings. The number of hydrogen-bond acceptors (Lipinski definition) is 4. The smallest absolute Gasteiger partial charge is 0.399 e. The van der Waals surface area contributed by atoms with Crippen molar-refractivity contribution in [2.75, 3.05) is 0 Å². The molecule has 0 amide bonds. The van der Waals surface area contributed by atoms with Crippen molar-refractivity contribution in [3.8, 4) is 78.4 Å². The third-order valence-electron chi connectivity index (χ3n) is 24.1. The summed E-state index contributed by atoms with van der Waals surface area (Å²) in [5.74, 6) is 0. The van der Waals surface area contributed by atoms with Crippen molar-refractivity contribution >= 4 is 137 Å². The Morgan fingerprint density at radius 1 is 0.240 bits per heavy atom. The molecule has 0 spiro atoms. The van der Waals surface area contributed by atoms with Crippen LogP contribution in [0.5, 0.6) is 0 Å². The standard InChI is InChI=1S/C51H33N3.C35H22BrN3.C22H23BO2.3CH4/c1-2-17-42-34(13-1)14-12-22-43(42)36-16-11-15-35(27-36)38-28-39(33-52-32-38)37-29-40(53-48-23-7-3-18-44(48)45-19-4-8-24-49(45)53)31-41(30-37)54-50-25-9-5-20-46(50)47-21-6-10-26-51(47)54;36-25-17-24(21-37-22-25)23-18-26(38-32-13-5-1-9-28(32)29-10-2-6-14-33(29)38)20-27(19-23)39-34-15-7-3-11-30(34)31-12-4-8-16-35(31)39;1-21(2)22(3,4)25-23(24-21)18-14-12-17(13-15-18)20-11-7-9-16-8-5-6-10-19(16)20;;;/h1-33H;1-22H;5-15H,1-4H3;3*1H4. The fourth-order valence-corrected chi connectivity index (χ4v) is 18.2. The van der Waals surface area contributed by atoms with E-state index in [0.29, 0.717) is 0 Å². The zero-order valence-corrected chi connectivity index (χ0v) is 67.1. The first-order valence-corrected chi connectivity index (χ1v) is 41.0. The number of para-hydroxylation sites is 8. The van der Waals surface area contributed by atoms with Crippen LogP contribution < -0.4 is 5.46 Å². The second-order valence-corrected chi connectivity index (χ2v) is 32.6. The van der Waals surface area contributed by atoms with E-state index in [1.807, 2.05) is 24.8 Å². The second kappa shape index (κ2) is 32.0. The van der Waals surface area contributed by atoms with E-state index in [1.54, 1.807) is 0 Å². The first-order valence-electron chi connectivity index (χ1n) is 40.3. The van der Waals surface area contributed by atoms with Gasteiger partial charge in [-0.1, -0.05) is 295 Å². The molecule has 0 aliphatic carbocycles. The van der Waals surface area contributed by atoms with Gasteiger partial charge in [-0.25, -0.2) is 0 Å². The van der Waals surface area contributed by atoms with Gasteiger partial charge in [-0.15, -0.1) is 0 Å². The van der Waals surface area contributed by atoms with Gasteiger partial charge in [0.05, 0.1) is 55.3 Å². The van der Waals surface area contributed by atoms with Crippen LogP contribution in [-0.4, -0.2) is 46.6 Å². The molecule has 16 aromatic carbocycles. The van der Waals surface area contributed by atoms with E-state index in [1.165, 1.54) is 131 Å². The molecule has 0 bridgehead atoms. The molecule has 7 heterocycles. The van der Waals surface area contributed by atoms with Crippen LogP contribution in [0.1, 0.15) is 50.0 Å². The number of hydrogen-bond donors (Lipinski definition) is 0. The maximum Gasteiger partial charge on any atom is 0.494 e. The Morgan fingerprint density at radius 2 is 0.512 bits per heavy atom. The predicted molar refractivity (Wildman–Crippen MR) is 518 cm³/mol. The third kappa shape index (κ3) is 13.9. The topological polar surface area (TPSA) is 64.0 Å². The molecule has 121 heavy (non-hydrogen) atoms. The van der Waals surface area contributed by atoms with E-state index in [9.17, 15) is 0 Å². The first kappa shape index (κ1) is 78.2. The molecule has 6 aromatic heterocycles. The molecule has 23 rings (SSSR count). The van der Waals surface area contributed by atoms with Crippen LogP contribution in [0, 0.1) is 0 Å². The fraction of sp³-hybridized carbons (Fsp3) is 0.0811. The van der Waals surface area contributed by atoms with Gasteiger partial charge in [0.15, 0.2) is 0 Å². The summed E-state index contributed by atoms with van der Waals surface area (Å²) >= 11 is 3.63. The number of pyridine rings is 2. The predicted octanol–water partition coefficient (Wildman–Crippen LogP) is 29.8. The van der Waals surface area contributed by atoms with Gasteiger partial charge in [-0.3, -0.25) is 9.97 Å². The molecule has 586 valence electrons. The van der Waals surface area contributed by atoms with Crippen LogP contribution in [0.25, 0.3) is 187 Å².